The molecular formula is C19H18N8O2. The number of hydrogen-bond donors (Lipinski definition) is 2. The highest BCUT2D eigenvalue weighted by atomic mass is 16.5. The Morgan fingerprint density at radius 2 is 2.07 bits per heavy atom. The molecule has 0 bridgehead atoms. The van der Waals surface area contributed by atoms with Crippen molar-refractivity contribution in [2.75, 3.05) is 12.4 Å². The number of ether oxygens (including phenoxy) is 1. The number of carbonyl (C=O) groups is 1. The molecule has 10 heteroatoms. The summed E-state index contributed by atoms with van der Waals surface area (Å²) >= 11 is 0. The van der Waals surface area contributed by atoms with E-state index in [-0.39, 0.29) is 5.91 Å². The SMILES string of the molecule is COc1ccc(Nc2ncc3nnn(-c4cccc(CNC(C)=O)c4)c3n2)cn1. The van der Waals surface area contributed by atoms with Crippen molar-refractivity contribution in [1.82, 2.24) is 35.3 Å². The Balaban J connectivity index is 1.63. The Morgan fingerprint density at radius 3 is 2.83 bits per heavy atom. The molecule has 3 heterocycles. The van der Waals surface area contributed by atoms with Gasteiger partial charge in [0.2, 0.25) is 17.7 Å². The maximum atomic E-state index is 11.2. The van der Waals surface area contributed by atoms with E-state index in [9.17, 15) is 4.79 Å². The molecule has 0 saturated carbocycles. The predicted molar refractivity (Wildman–Crippen MR) is 106 cm³/mol. The van der Waals surface area contributed by atoms with Crippen LogP contribution < -0.4 is 15.4 Å². The topological polar surface area (TPSA) is 120 Å². The summed E-state index contributed by atoms with van der Waals surface area (Å²) < 4.78 is 6.69. The zero-order valence-corrected chi connectivity index (χ0v) is 15.8. The second-order valence-electron chi connectivity index (χ2n) is 6.20. The van der Waals surface area contributed by atoms with Gasteiger partial charge >= 0.3 is 0 Å². The number of methoxy groups -OCH3 is 1. The third kappa shape index (κ3) is 4.10. The number of anilines is 2. The van der Waals surface area contributed by atoms with Crippen molar-refractivity contribution in [2.24, 2.45) is 0 Å². The summed E-state index contributed by atoms with van der Waals surface area (Å²) in [6.07, 6.45) is 3.24. The number of hydrogen-bond acceptors (Lipinski definition) is 8. The minimum atomic E-state index is -0.0851. The minimum absolute atomic E-state index is 0.0851. The molecule has 10 nitrogen and oxygen atoms in total. The van der Waals surface area contributed by atoms with E-state index in [4.69, 9.17) is 4.74 Å². The van der Waals surface area contributed by atoms with Crippen molar-refractivity contribution in [3.8, 4) is 11.6 Å². The lowest BCUT2D eigenvalue weighted by Crippen LogP contribution is -2.18. The molecule has 0 saturated heterocycles. The summed E-state index contributed by atoms with van der Waals surface area (Å²) in [6, 6.07) is 11.2. The van der Waals surface area contributed by atoms with Crippen LogP contribution in [0.4, 0.5) is 11.6 Å². The van der Waals surface area contributed by atoms with E-state index < -0.39 is 0 Å². The monoisotopic (exact) mass is 390 g/mol. The molecule has 4 rings (SSSR count). The number of fused-ring (bicyclic) bond motifs is 1. The number of carbonyl (C=O) groups excluding carboxylic acids is 1. The minimum Gasteiger partial charge on any atom is -0.481 e. The van der Waals surface area contributed by atoms with E-state index in [0.717, 1.165) is 16.9 Å². The van der Waals surface area contributed by atoms with E-state index in [1.807, 2.05) is 30.3 Å². The average Bonchev–Trinajstić information content (AvgIpc) is 3.16. The molecule has 0 radical (unpaired) electrons. The summed E-state index contributed by atoms with van der Waals surface area (Å²) in [5.74, 6) is 0.828. The van der Waals surface area contributed by atoms with Gasteiger partial charge < -0.3 is 15.4 Å². The first-order valence-corrected chi connectivity index (χ1v) is 8.81. The van der Waals surface area contributed by atoms with Crippen molar-refractivity contribution >= 4 is 28.7 Å². The van der Waals surface area contributed by atoms with Gasteiger partial charge in [0.15, 0.2) is 11.2 Å². The fraction of sp³-hybridized carbons (Fsp3) is 0.158. The van der Waals surface area contributed by atoms with Gasteiger partial charge in [0.25, 0.3) is 0 Å². The molecule has 0 atom stereocenters. The van der Waals surface area contributed by atoms with Gasteiger partial charge in [-0.15, -0.1) is 5.10 Å². The highest BCUT2D eigenvalue weighted by molar-refractivity contribution is 5.73. The van der Waals surface area contributed by atoms with E-state index in [1.54, 1.807) is 30.3 Å². The number of nitrogens with zero attached hydrogens (tertiary/aromatic N) is 6. The Labute approximate surface area is 166 Å². The van der Waals surface area contributed by atoms with Gasteiger partial charge in [0, 0.05) is 19.5 Å². The first-order chi connectivity index (χ1) is 14.1. The molecule has 1 aromatic carbocycles. The average molecular weight is 390 g/mol. The largest absolute Gasteiger partial charge is 0.481 e. The number of benzene rings is 1. The molecule has 2 N–H and O–H groups in total. The molecule has 0 aliphatic carbocycles. The fourth-order valence-electron chi connectivity index (χ4n) is 2.69. The summed E-state index contributed by atoms with van der Waals surface area (Å²) in [7, 11) is 1.56. The number of aromatic nitrogens is 6. The van der Waals surface area contributed by atoms with Gasteiger partial charge in [0.1, 0.15) is 0 Å². The smallest absolute Gasteiger partial charge is 0.229 e. The van der Waals surface area contributed by atoms with Crippen LogP contribution in [-0.4, -0.2) is 43.0 Å². The van der Waals surface area contributed by atoms with Crippen molar-refractivity contribution in [3.63, 3.8) is 0 Å². The predicted octanol–water partition coefficient (Wildman–Crippen LogP) is 1.99. The van der Waals surface area contributed by atoms with Crippen LogP contribution >= 0.6 is 0 Å². The lowest BCUT2D eigenvalue weighted by Gasteiger charge is -2.07. The first-order valence-electron chi connectivity index (χ1n) is 8.81. The highest BCUT2D eigenvalue weighted by Crippen LogP contribution is 2.19. The Bertz CT molecular complexity index is 1160. The molecule has 0 aliphatic heterocycles. The lowest BCUT2D eigenvalue weighted by molar-refractivity contribution is -0.119. The summed E-state index contributed by atoms with van der Waals surface area (Å²) in [5, 5.41) is 14.2. The molecule has 4 aromatic rings. The van der Waals surface area contributed by atoms with Gasteiger partial charge in [-0.2, -0.15) is 9.67 Å². The van der Waals surface area contributed by atoms with Gasteiger partial charge in [-0.3, -0.25) is 4.79 Å². The Morgan fingerprint density at radius 1 is 1.17 bits per heavy atom. The highest BCUT2D eigenvalue weighted by Gasteiger charge is 2.11. The van der Waals surface area contributed by atoms with Crippen LogP contribution in [0, 0.1) is 0 Å². The molecule has 0 unspecified atom stereocenters. The van der Waals surface area contributed by atoms with E-state index >= 15 is 0 Å². The molecule has 1 amide bonds. The normalized spacial score (nSPS) is 10.7. The fourth-order valence-corrected chi connectivity index (χ4v) is 2.69. The maximum absolute atomic E-state index is 11.2. The quantitative estimate of drug-likeness (QED) is 0.513. The maximum Gasteiger partial charge on any atom is 0.229 e. The van der Waals surface area contributed by atoms with Gasteiger partial charge in [-0.05, 0) is 23.8 Å². The molecule has 0 aliphatic rings. The van der Waals surface area contributed by atoms with E-state index in [0.29, 0.717) is 29.5 Å². The van der Waals surface area contributed by atoms with Crippen LogP contribution in [0.25, 0.3) is 16.9 Å². The number of amides is 1. The second kappa shape index (κ2) is 7.89. The summed E-state index contributed by atoms with van der Waals surface area (Å²) in [5.41, 5.74) is 3.57. The van der Waals surface area contributed by atoms with Crippen LogP contribution in [0.15, 0.2) is 48.8 Å². The molecule has 0 fully saturated rings. The van der Waals surface area contributed by atoms with Crippen LogP contribution in [0.5, 0.6) is 5.88 Å². The molecule has 0 spiro atoms. The summed E-state index contributed by atoms with van der Waals surface area (Å²) in [6.45, 7) is 1.92. The third-order valence-corrected chi connectivity index (χ3v) is 4.09. The zero-order valence-electron chi connectivity index (χ0n) is 15.8. The van der Waals surface area contributed by atoms with Gasteiger partial charge in [-0.1, -0.05) is 17.3 Å². The van der Waals surface area contributed by atoms with Crippen molar-refractivity contribution in [3.05, 3.63) is 54.4 Å². The molecule has 29 heavy (non-hydrogen) atoms. The van der Waals surface area contributed by atoms with E-state index in [1.165, 1.54) is 6.92 Å². The van der Waals surface area contributed by atoms with Gasteiger partial charge in [-0.25, -0.2) is 9.97 Å². The summed E-state index contributed by atoms with van der Waals surface area (Å²) in [4.78, 5) is 24.1. The Hall–Kier alpha value is -4.08. The van der Waals surface area contributed by atoms with Crippen LogP contribution in [-0.2, 0) is 11.3 Å². The standard InChI is InChI=1S/C19H18N8O2/c1-12(28)20-9-13-4-3-5-15(8-13)27-18-16(25-26-27)11-22-19(24-18)23-14-6-7-17(29-2)21-10-14/h3-8,10-11H,9H2,1-2H3,(H,20,28)(H,22,23,24). The zero-order chi connectivity index (χ0) is 20.2. The second-order valence-corrected chi connectivity index (χ2v) is 6.20. The Kier molecular flexibility index (Phi) is 4.97. The number of nitrogens with one attached hydrogen (secondary N) is 2. The molecule has 146 valence electrons. The van der Waals surface area contributed by atoms with Crippen LogP contribution in [0.1, 0.15) is 12.5 Å². The lowest BCUT2D eigenvalue weighted by atomic mass is 10.2. The molecular weight excluding hydrogens is 372 g/mol. The van der Waals surface area contributed by atoms with Crippen LogP contribution in [0.3, 0.4) is 0 Å². The third-order valence-electron chi connectivity index (χ3n) is 4.09. The van der Waals surface area contributed by atoms with E-state index in [2.05, 4.69) is 35.9 Å². The van der Waals surface area contributed by atoms with Crippen molar-refractivity contribution < 1.29 is 9.53 Å². The number of pyridine rings is 1. The van der Waals surface area contributed by atoms with Crippen LogP contribution in [0.2, 0.25) is 0 Å². The molecule has 3 aromatic heterocycles. The van der Waals surface area contributed by atoms with Crippen molar-refractivity contribution in [2.45, 2.75) is 13.5 Å². The number of rotatable bonds is 6. The van der Waals surface area contributed by atoms with Crippen molar-refractivity contribution in [1.29, 1.82) is 0 Å². The first kappa shape index (κ1) is 18.3. The van der Waals surface area contributed by atoms with Gasteiger partial charge in [0.05, 0.1) is 30.9 Å².